The third kappa shape index (κ3) is 5.61. The smallest absolute Gasteiger partial charge is 0.315 e. The van der Waals surface area contributed by atoms with Crippen molar-refractivity contribution in [2.45, 2.75) is 32.4 Å². The van der Waals surface area contributed by atoms with Crippen LogP contribution in [0.3, 0.4) is 0 Å². The molecular weight excluding hydrogens is 244 g/mol. The monoisotopic (exact) mass is 266 g/mol. The highest BCUT2D eigenvalue weighted by molar-refractivity contribution is 5.74. The Kier molecular flexibility index (Phi) is 6.74. The van der Waals surface area contributed by atoms with Crippen LogP contribution < -0.4 is 15.4 Å². The van der Waals surface area contributed by atoms with Gasteiger partial charge in [0.15, 0.2) is 0 Å². The van der Waals surface area contributed by atoms with Crippen LogP contribution in [0.4, 0.5) is 4.79 Å². The summed E-state index contributed by atoms with van der Waals surface area (Å²) in [4.78, 5) is 11.7. The summed E-state index contributed by atoms with van der Waals surface area (Å²) in [6.45, 7) is 2.50. The molecule has 0 aromatic heterocycles. The van der Waals surface area contributed by atoms with Crippen molar-refractivity contribution >= 4 is 6.03 Å². The summed E-state index contributed by atoms with van der Waals surface area (Å²) in [5.41, 5.74) is 0.977. The zero-order chi connectivity index (χ0) is 14.1. The van der Waals surface area contributed by atoms with Gasteiger partial charge in [-0.3, -0.25) is 0 Å². The Labute approximate surface area is 114 Å². The van der Waals surface area contributed by atoms with Crippen LogP contribution in [0, 0.1) is 0 Å². The van der Waals surface area contributed by atoms with Gasteiger partial charge in [0.1, 0.15) is 5.75 Å². The van der Waals surface area contributed by atoms with Gasteiger partial charge in [0, 0.05) is 19.2 Å². The van der Waals surface area contributed by atoms with Gasteiger partial charge in [-0.25, -0.2) is 4.79 Å². The minimum absolute atomic E-state index is 0.00955. The van der Waals surface area contributed by atoms with Crippen LogP contribution in [-0.2, 0) is 6.54 Å². The van der Waals surface area contributed by atoms with Crippen LogP contribution in [0.15, 0.2) is 24.3 Å². The summed E-state index contributed by atoms with van der Waals surface area (Å²) in [5.74, 6) is 0.770. The first-order valence-corrected chi connectivity index (χ1v) is 6.47. The van der Waals surface area contributed by atoms with Crippen LogP contribution in [0.2, 0.25) is 0 Å². The lowest BCUT2D eigenvalue weighted by molar-refractivity contribution is 0.227. The van der Waals surface area contributed by atoms with Gasteiger partial charge < -0.3 is 20.5 Å². The van der Waals surface area contributed by atoms with Gasteiger partial charge in [-0.1, -0.05) is 19.1 Å². The minimum atomic E-state index is -0.219. The van der Waals surface area contributed by atoms with E-state index < -0.39 is 0 Å². The molecule has 1 aromatic carbocycles. The lowest BCUT2D eigenvalue weighted by Gasteiger charge is -2.16. The summed E-state index contributed by atoms with van der Waals surface area (Å²) in [6, 6.07) is 7.34. The Morgan fingerprint density at radius 3 is 2.89 bits per heavy atom. The molecule has 0 aliphatic rings. The van der Waals surface area contributed by atoms with Gasteiger partial charge in [0.2, 0.25) is 0 Å². The number of hydrogen-bond acceptors (Lipinski definition) is 3. The molecule has 0 heterocycles. The van der Waals surface area contributed by atoms with Crippen LogP contribution in [-0.4, -0.2) is 30.9 Å². The predicted molar refractivity (Wildman–Crippen MR) is 74.1 cm³/mol. The lowest BCUT2D eigenvalue weighted by atomic mass is 10.1. The fourth-order valence-corrected chi connectivity index (χ4v) is 1.74. The minimum Gasteiger partial charge on any atom is -0.497 e. The predicted octanol–water partition coefficient (Wildman–Crippen LogP) is 1.66. The molecule has 19 heavy (non-hydrogen) atoms. The van der Waals surface area contributed by atoms with Crippen LogP contribution >= 0.6 is 0 Å². The molecule has 0 saturated carbocycles. The maximum Gasteiger partial charge on any atom is 0.315 e. The SMILES string of the molecule is CCC(CCO)NC(=O)NCc1cccc(OC)c1. The Bertz CT molecular complexity index is 396. The number of nitrogens with one attached hydrogen (secondary N) is 2. The second-order valence-electron chi connectivity index (χ2n) is 4.30. The molecular formula is C14H22N2O3. The number of aliphatic hydroxyl groups excluding tert-OH is 1. The highest BCUT2D eigenvalue weighted by Gasteiger charge is 2.09. The topological polar surface area (TPSA) is 70.6 Å². The number of hydrogen-bond donors (Lipinski definition) is 3. The average Bonchev–Trinajstić information content (AvgIpc) is 2.45. The molecule has 1 rings (SSSR count). The molecule has 2 amide bonds. The van der Waals surface area contributed by atoms with E-state index in [-0.39, 0.29) is 18.7 Å². The zero-order valence-corrected chi connectivity index (χ0v) is 11.5. The van der Waals surface area contributed by atoms with Gasteiger partial charge >= 0.3 is 6.03 Å². The third-order valence-electron chi connectivity index (χ3n) is 2.89. The largest absolute Gasteiger partial charge is 0.497 e. The summed E-state index contributed by atoms with van der Waals surface area (Å²) in [6.07, 6.45) is 1.37. The molecule has 0 aliphatic heterocycles. The molecule has 3 N–H and O–H groups in total. The molecule has 106 valence electrons. The van der Waals surface area contributed by atoms with E-state index >= 15 is 0 Å². The summed E-state index contributed by atoms with van der Waals surface area (Å²) in [7, 11) is 1.61. The molecule has 1 atom stereocenters. The molecule has 0 saturated heterocycles. The van der Waals surface area contributed by atoms with Crippen molar-refractivity contribution in [3.8, 4) is 5.75 Å². The highest BCUT2D eigenvalue weighted by Crippen LogP contribution is 2.12. The van der Waals surface area contributed by atoms with E-state index in [1.807, 2.05) is 31.2 Å². The molecule has 0 spiro atoms. The summed E-state index contributed by atoms with van der Waals surface area (Å²) in [5, 5.41) is 14.5. The van der Waals surface area contributed by atoms with Crippen molar-refractivity contribution in [3.63, 3.8) is 0 Å². The second-order valence-corrected chi connectivity index (χ2v) is 4.30. The van der Waals surface area contributed by atoms with Gasteiger partial charge in [0.05, 0.1) is 7.11 Å². The number of rotatable bonds is 7. The maximum atomic E-state index is 11.7. The van der Waals surface area contributed by atoms with Crippen LogP contribution in [0.5, 0.6) is 5.75 Å². The molecule has 0 radical (unpaired) electrons. The van der Waals surface area contributed by atoms with E-state index in [0.717, 1.165) is 17.7 Å². The van der Waals surface area contributed by atoms with Crippen LogP contribution in [0.25, 0.3) is 0 Å². The van der Waals surface area contributed by atoms with Crippen molar-refractivity contribution in [1.82, 2.24) is 10.6 Å². The second kappa shape index (κ2) is 8.37. The molecule has 5 nitrogen and oxygen atoms in total. The standard InChI is InChI=1S/C14H22N2O3/c1-3-12(7-8-17)16-14(18)15-10-11-5-4-6-13(9-11)19-2/h4-6,9,12,17H,3,7-8,10H2,1-2H3,(H2,15,16,18). The Morgan fingerprint density at radius 1 is 1.47 bits per heavy atom. The Balaban J connectivity index is 2.40. The van der Waals surface area contributed by atoms with Crippen molar-refractivity contribution in [2.75, 3.05) is 13.7 Å². The molecule has 0 aliphatic carbocycles. The number of aliphatic hydroxyl groups is 1. The summed E-state index contributed by atoms with van der Waals surface area (Å²) < 4.78 is 5.12. The Hall–Kier alpha value is -1.75. The zero-order valence-electron chi connectivity index (χ0n) is 11.5. The first-order chi connectivity index (χ1) is 9.19. The van der Waals surface area contributed by atoms with Crippen molar-refractivity contribution in [1.29, 1.82) is 0 Å². The highest BCUT2D eigenvalue weighted by atomic mass is 16.5. The number of benzene rings is 1. The fourth-order valence-electron chi connectivity index (χ4n) is 1.74. The number of carbonyl (C=O) groups excluding carboxylic acids is 1. The molecule has 1 aromatic rings. The normalized spacial score (nSPS) is 11.7. The molecule has 1 unspecified atom stereocenters. The molecule has 0 fully saturated rings. The van der Waals surface area contributed by atoms with E-state index in [4.69, 9.17) is 9.84 Å². The van der Waals surface area contributed by atoms with E-state index in [0.29, 0.717) is 13.0 Å². The first-order valence-electron chi connectivity index (χ1n) is 6.47. The molecule has 5 heteroatoms. The van der Waals surface area contributed by atoms with Gasteiger partial charge in [-0.2, -0.15) is 0 Å². The van der Waals surface area contributed by atoms with E-state index in [2.05, 4.69) is 10.6 Å². The first kappa shape index (κ1) is 15.3. The van der Waals surface area contributed by atoms with Crippen molar-refractivity contribution in [3.05, 3.63) is 29.8 Å². The quantitative estimate of drug-likeness (QED) is 0.703. The van der Waals surface area contributed by atoms with Gasteiger partial charge in [0.25, 0.3) is 0 Å². The number of urea groups is 1. The summed E-state index contributed by atoms with van der Waals surface area (Å²) >= 11 is 0. The van der Waals surface area contributed by atoms with E-state index in [1.54, 1.807) is 7.11 Å². The van der Waals surface area contributed by atoms with Crippen molar-refractivity contribution < 1.29 is 14.6 Å². The number of carbonyl (C=O) groups is 1. The lowest BCUT2D eigenvalue weighted by Crippen LogP contribution is -2.41. The van der Waals surface area contributed by atoms with Crippen LogP contribution in [0.1, 0.15) is 25.3 Å². The average molecular weight is 266 g/mol. The van der Waals surface area contributed by atoms with Crippen molar-refractivity contribution in [2.24, 2.45) is 0 Å². The number of methoxy groups -OCH3 is 1. The third-order valence-corrected chi connectivity index (χ3v) is 2.89. The van der Waals surface area contributed by atoms with Gasteiger partial charge in [-0.15, -0.1) is 0 Å². The number of ether oxygens (including phenoxy) is 1. The maximum absolute atomic E-state index is 11.7. The van der Waals surface area contributed by atoms with Gasteiger partial charge in [-0.05, 0) is 30.5 Å². The van der Waals surface area contributed by atoms with E-state index in [9.17, 15) is 4.79 Å². The molecule has 0 bridgehead atoms. The Morgan fingerprint density at radius 2 is 2.26 bits per heavy atom. The fraction of sp³-hybridized carbons (Fsp3) is 0.500. The van der Waals surface area contributed by atoms with E-state index in [1.165, 1.54) is 0 Å². The number of amides is 2.